The lowest BCUT2D eigenvalue weighted by atomic mass is 9.46. The molecule has 0 bridgehead atoms. The molecule has 0 aromatic carbocycles. The maximum atomic E-state index is 13.0. The fourth-order valence-corrected chi connectivity index (χ4v) is 16.3. The number of aliphatic hydroxyl groups is 13. The van der Waals surface area contributed by atoms with Crippen molar-refractivity contribution in [2.24, 2.45) is 34.0 Å². The molecule has 9 aliphatic rings. The number of allylic oxidation sites excluding steroid dienone is 6. The lowest BCUT2D eigenvalue weighted by Gasteiger charge is -2.60. The highest BCUT2D eigenvalue weighted by molar-refractivity contribution is 5.90. The molecule has 5 heterocycles. The van der Waals surface area contributed by atoms with E-state index < -0.39 is 204 Å². The number of hydrogen-bond acceptors (Lipinski definition) is 26. The Morgan fingerprint density at radius 1 is 0.600 bits per heavy atom. The van der Waals surface area contributed by atoms with Gasteiger partial charge in [0.25, 0.3) is 0 Å². The molecule has 0 spiro atoms. The maximum Gasteiger partial charge on any atom is 0.217 e. The molecule has 1 saturated carbocycles. The summed E-state index contributed by atoms with van der Waals surface area (Å²) < 4.78 is 61.8. The van der Waals surface area contributed by atoms with Crippen LogP contribution in [-0.4, -0.2) is 270 Å². The monoisotopic (exact) mass is 1290 g/mol. The molecule has 9 rings (SSSR count). The predicted octanol–water partition coefficient (Wildman–Crippen LogP) is -2.76. The van der Waals surface area contributed by atoms with Crippen molar-refractivity contribution in [1.29, 1.82) is 0 Å². The Morgan fingerprint density at radius 3 is 1.73 bits per heavy atom. The first-order valence-electron chi connectivity index (χ1n) is 31.7. The van der Waals surface area contributed by atoms with Crippen molar-refractivity contribution in [3.8, 4) is 0 Å². The van der Waals surface area contributed by atoms with Crippen molar-refractivity contribution < 1.29 is 128 Å². The summed E-state index contributed by atoms with van der Waals surface area (Å²) in [6, 6.07) is -3.07. The highest BCUT2D eigenvalue weighted by Crippen LogP contribution is 2.67. The first-order chi connectivity index (χ1) is 42.4. The summed E-state index contributed by atoms with van der Waals surface area (Å²) >= 11 is 0. The largest absolute Gasteiger partial charge is 0.394 e. The number of amides is 2. The summed E-state index contributed by atoms with van der Waals surface area (Å²) in [4.78, 5) is 38.4. The molecule has 2 amide bonds. The Morgan fingerprint density at radius 2 is 1.13 bits per heavy atom. The van der Waals surface area contributed by atoms with E-state index in [0.717, 1.165) is 57.9 Å². The molecule has 15 N–H and O–H groups in total. The van der Waals surface area contributed by atoms with Crippen molar-refractivity contribution in [3.05, 3.63) is 34.4 Å². The second-order valence-corrected chi connectivity index (χ2v) is 27.7. The molecular weight excluding hydrogens is 1190 g/mol. The van der Waals surface area contributed by atoms with Crippen molar-refractivity contribution >= 4 is 17.6 Å². The Labute approximate surface area is 523 Å². The van der Waals surface area contributed by atoms with Gasteiger partial charge in [0, 0.05) is 20.3 Å². The summed E-state index contributed by atoms with van der Waals surface area (Å²) in [6.45, 7) is 13.6. The van der Waals surface area contributed by atoms with E-state index in [1.807, 2.05) is 13.8 Å². The average Bonchev–Trinajstić information content (AvgIpc) is 1.19. The van der Waals surface area contributed by atoms with E-state index in [4.69, 9.17) is 47.4 Å². The third-order valence-corrected chi connectivity index (χ3v) is 21.1. The van der Waals surface area contributed by atoms with Gasteiger partial charge in [0.15, 0.2) is 37.2 Å². The molecule has 512 valence electrons. The number of aliphatic hydroxyl groups excluding tert-OH is 13. The van der Waals surface area contributed by atoms with Gasteiger partial charge in [-0.2, -0.15) is 0 Å². The standard InChI is InChI=1S/C62H98N2O26/c1-25(2)18-29(70)19-26(3)31-11-12-32-30-10-13-39-60(6,7)40(15-17-62(39,9)33(30)14-16-61(31,32)8)88-59-53(47(75)38(24-82-59)87-55-41(63-27(4)68)48(76)43(71)34(20-65)83-55)89-56-42(64-28(5)69)49(77)46(74)37(86-56)23-81-58-54(51(79)45(73)36(22-67)85-58)90-57-52(80)50(78)44(72)35(21-66)84-57/h12,18,26,31,34-59,65-67,71-80H,10-11,13-17,19-24H2,1-9H3,(H,63,68)(H,64,69)/t26-,31?,34-,35-,36-,37-,38-,39?,40+,41-,42-,43+,44-,45-,46-,47+,48-,49-,50+,51+,52-,53-,54-,55+,56+,57+,58-,59+,61-,62-/m1/s1. The van der Waals surface area contributed by atoms with E-state index in [-0.39, 0.29) is 28.4 Å². The van der Waals surface area contributed by atoms with Crippen LogP contribution in [0.5, 0.6) is 0 Å². The fourth-order valence-electron chi connectivity index (χ4n) is 16.3. The van der Waals surface area contributed by atoms with Crippen molar-refractivity contribution in [1.82, 2.24) is 10.6 Å². The van der Waals surface area contributed by atoms with Crippen LogP contribution in [0.25, 0.3) is 0 Å². The number of ketones is 1. The molecular formula is C62H98N2O26. The topological polar surface area (TPSA) is 431 Å². The molecule has 5 aliphatic heterocycles. The van der Waals surface area contributed by atoms with Crippen molar-refractivity contribution in [3.63, 3.8) is 0 Å². The van der Waals surface area contributed by atoms with E-state index in [9.17, 15) is 80.8 Å². The molecule has 4 aliphatic carbocycles. The van der Waals surface area contributed by atoms with E-state index in [1.54, 1.807) is 6.08 Å². The number of rotatable bonds is 20. The number of carbonyl (C=O) groups excluding carboxylic acids is 3. The molecule has 6 fully saturated rings. The van der Waals surface area contributed by atoms with E-state index in [2.05, 4.69) is 51.3 Å². The summed E-state index contributed by atoms with van der Waals surface area (Å²) in [5.41, 5.74) is 4.38. The van der Waals surface area contributed by atoms with Crippen LogP contribution in [0, 0.1) is 34.0 Å². The minimum atomic E-state index is -1.99. The van der Waals surface area contributed by atoms with Crippen LogP contribution < -0.4 is 10.6 Å². The lowest BCUT2D eigenvalue weighted by molar-refractivity contribution is -0.379. The fraction of sp³-hybridized carbons (Fsp3) is 0.855. The van der Waals surface area contributed by atoms with Gasteiger partial charge in [-0.05, 0) is 110 Å². The van der Waals surface area contributed by atoms with Crippen LogP contribution in [0.4, 0.5) is 0 Å². The highest BCUT2D eigenvalue weighted by atomic mass is 16.8. The second kappa shape index (κ2) is 28.7. The molecule has 2 unspecified atom stereocenters. The van der Waals surface area contributed by atoms with Crippen LogP contribution in [-0.2, 0) is 61.8 Å². The van der Waals surface area contributed by atoms with E-state index in [0.29, 0.717) is 18.8 Å². The summed E-state index contributed by atoms with van der Waals surface area (Å²) in [5.74, 6) is -0.617. The normalized spacial score (nSPS) is 46.4. The molecule has 5 saturated heterocycles. The highest BCUT2D eigenvalue weighted by Gasteiger charge is 2.61. The molecule has 0 radical (unpaired) electrons. The Balaban J connectivity index is 0.986. The lowest BCUT2D eigenvalue weighted by Crippen LogP contribution is -2.68. The number of carbonyl (C=O) groups is 3. The van der Waals surface area contributed by atoms with E-state index in [1.165, 1.54) is 16.7 Å². The van der Waals surface area contributed by atoms with E-state index >= 15 is 0 Å². The van der Waals surface area contributed by atoms with Crippen LogP contribution in [0.2, 0.25) is 0 Å². The number of fused-ring (bicyclic) bond motifs is 4. The molecule has 0 aromatic rings. The minimum Gasteiger partial charge on any atom is -0.394 e. The molecule has 28 heteroatoms. The first-order valence-corrected chi connectivity index (χ1v) is 31.7. The van der Waals surface area contributed by atoms with Crippen molar-refractivity contribution in [2.75, 3.05) is 33.0 Å². The zero-order valence-electron chi connectivity index (χ0n) is 52.6. The van der Waals surface area contributed by atoms with Gasteiger partial charge in [-0.15, -0.1) is 0 Å². The zero-order chi connectivity index (χ0) is 65.8. The quantitative estimate of drug-likeness (QED) is 0.0549. The van der Waals surface area contributed by atoms with Crippen molar-refractivity contribution in [2.45, 2.75) is 267 Å². The van der Waals surface area contributed by atoms with Gasteiger partial charge in [-0.1, -0.05) is 51.8 Å². The van der Waals surface area contributed by atoms with Crippen LogP contribution in [0.3, 0.4) is 0 Å². The summed E-state index contributed by atoms with van der Waals surface area (Å²) in [5, 5.41) is 147. The molecule has 30 atom stereocenters. The average molecular weight is 1290 g/mol. The van der Waals surface area contributed by atoms with Gasteiger partial charge in [0.05, 0.1) is 39.1 Å². The SMILES string of the molecule is CC(=O)N[C@H]1[C@H](O[C@@H]2CO[C@@H](O[C@H]3CC[C@]4(C)C5=C(CCC4C3(C)C)C3=CCC([C@H](C)CC(=O)C=C(C)C)[C@@]3(C)CC5)[C@H](O[C@@H]3O[C@H](CO[C@@H]4O[C@H](CO)[C@@H](O)[C@H](O)[C@H]4O[C@@H]4O[C@H](CO)[C@@H](O)[C@H](O)[C@H]4O)[C@@H](O)[C@H](O)[C@H]3NC(C)=O)[C@H]2O)O[C@H](CO)[C@H](O)[C@@H]1O. The number of ether oxygens (including phenoxy) is 10. The van der Waals surface area contributed by atoms with Gasteiger partial charge in [0.2, 0.25) is 11.8 Å². The van der Waals surface area contributed by atoms with Gasteiger partial charge in [0.1, 0.15) is 116 Å². The summed E-state index contributed by atoms with van der Waals surface area (Å²) in [7, 11) is 0. The maximum absolute atomic E-state index is 13.0. The molecule has 0 aromatic heterocycles. The van der Waals surface area contributed by atoms with Gasteiger partial charge >= 0.3 is 0 Å². The summed E-state index contributed by atoms with van der Waals surface area (Å²) in [6.07, 6.45) is -28.6. The number of hydrogen-bond donors (Lipinski definition) is 15. The van der Waals surface area contributed by atoms with Crippen LogP contribution in [0.15, 0.2) is 34.4 Å². The third-order valence-electron chi connectivity index (χ3n) is 21.1. The van der Waals surface area contributed by atoms with Gasteiger partial charge in [-0.25, -0.2) is 0 Å². The smallest absolute Gasteiger partial charge is 0.217 e. The first kappa shape index (κ1) is 71.2. The Hall–Kier alpha value is -3.09. The number of nitrogens with one attached hydrogen (secondary N) is 2. The zero-order valence-corrected chi connectivity index (χ0v) is 52.6. The Kier molecular flexibility index (Phi) is 22.7. The molecule has 28 nitrogen and oxygen atoms in total. The second-order valence-electron chi connectivity index (χ2n) is 27.7. The van der Waals surface area contributed by atoms with Crippen LogP contribution >= 0.6 is 0 Å². The van der Waals surface area contributed by atoms with Gasteiger partial charge in [-0.3, -0.25) is 14.4 Å². The predicted molar refractivity (Wildman–Crippen MR) is 309 cm³/mol. The third kappa shape index (κ3) is 14.0. The van der Waals surface area contributed by atoms with Crippen LogP contribution in [0.1, 0.15) is 114 Å². The Bertz CT molecular complexity index is 2600. The van der Waals surface area contributed by atoms with Gasteiger partial charge < -0.3 is 124 Å². The molecule has 90 heavy (non-hydrogen) atoms. The minimum absolute atomic E-state index is 0.0734.